The highest BCUT2D eigenvalue weighted by molar-refractivity contribution is 5.45. The van der Waals surface area contributed by atoms with Crippen molar-refractivity contribution in [1.82, 2.24) is 19.9 Å². The molecule has 202 valence electrons. The van der Waals surface area contributed by atoms with Crippen molar-refractivity contribution in [3.05, 3.63) is 59.7 Å². The van der Waals surface area contributed by atoms with Crippen LogP contribution in [-0.4, -0.2) is 19.9 Å². The molecule has 2 aromatic heterocycles. The van der Waals surface area contributed by atoms with E-state index in [4.69, 9.17) is 0 Å². The lowest BCUT2D eigenvalue weighted by Gasteiger charge is -1.98. The normalized spacial score (nSPS) is 10.9. The number of hydrogen-bond acceptors (Lipinski definition) is 4. The molecule has 2 aromatic rings. The summed E-state index contributed by atoms with van der Waals surface area (Å²) in [6.45, 7) is 4.51. The van der Waals surface area contributed by atoms with Crippen LogP contribution in [0.2, 0.25) is 0 Å². The molecule has 0 spiro atoms. The molecule has 4 nitrogen and oxygen atoms in total. The Bertz CT molecular complexity index is 957. The van der Waals surface area contributed by atoms with E-state index in [1.807, 2.05) is 12.2 Å². The molecule has 0 N–H and O–H groups in total. The van der Waals surface area contributed by atoms with Crippen LogP contribution in [0.4, 0.5) is 0 Å². The standard InChI is InChI=1S/C34H46N4/c1-3-5-7-9-11-13-15-17-19-25-33-35-27-31(28-36-33)23-21-22-24-32-29-37-34(38-30-32)26-20-18-16-14-12-10-8-6-4-2/h19-20,25-30H,3-18H2,1-2H3/b25-19+,26-20+. The van der Waals surface area contributed by atoms with Gasteiger partial charge in [0, 0.05) is 24.8 Å². The van der Waals surface area contributed by atoms with E-state index < -0.39 is 0 Å². The van der Waals surface area contributed by atoms with Gasteiger partial charge in [0.2, 0.25) is 0 Å². The molecule has 0 aliphatic rings. The van der Waals surface area contributed by atoms with Crippen LogP contribution < -0.4 is 0 Å². The van der Waals surface area contributed by atoms with Gasteiger partial charge in [0.25, 0.3) is 0 Å². The summed E-state index contributed by atoms with van der Waals surface area (Å²) in [6, 6.07) is 0. The highest BCUT2D eigenvalue weighted by atomic mass is 14.9. The molecule has 0 aromatic carbocycles. The third kappa shape index (κ3) is 15.8. The maximum atomic E-state index is 4.37. The molecule has 0 fully saturated rings. The SMILES string of the molecule is CCCCCCCCC/C=C/c1ncc(C#CC#Cc2cnc(/C=C/CCCCCCCCC)nc2)cn1. The largest absolute Gasteiger partial charge is 0.236 e. The predicted molar refractivity (Wildman–Crippen MR) is 161 cm³/mol. The Morgan fingerprint density at radius 2 is 0.842 bits per heavy atom. The fourth-order valence-corrected chi connectivity index (χ4v) is 4.00. The van der Waals surface area contributed by atoms with E-state index in [2.05, 4.69) is 69.6 Å². The van der Waals surface area contributed by atoms with Crippen molar-refractivity contribution < 1.29 is 0 Å². The minimum Gasteiger partial charge on any atom is -0.236 e. The molecule has 0 saturated heterocycles. The second-order valence-electron chi connectivity index (χ2n) is 9.78. The molecule has 0 aliphatic carbocycles. The Morgan fingerprint density at radius 3 is 1.21 bits per heavy atom. The van der Waals surface area contributed by atoms with Gasteiger partial charge in [-0.05, 0) is 61.5 Å². The van der Waals surface area contributed by atoms with Crippen molar-refractivity contribution in [3.8, 4) is 23.7 Å². The summed E-state index contributed by atoms with van der Waals surface area (Å²) in [6.07, 6.45) is 36.0. The lowest BCUT2D eigenvalue weighted by molar-refractivity contribution is 0.592. The average molecular weight is 511 g/mol. The van der Waals surface area contributed by atoms with Crippen LogP contribution in [-0.2, 0) is 0 Å². The molecule has 0 unspecified atom stereocenters. The van der Waals surface area contributed by atoms with Gasteiger partial charge in [-0.15, -0.1) is 0 Å². The third-order valence-corrected chi connectivity index (χ3v) is 6.30. The number of hydrogen-bond donors (Lipinski definition) is 0. The van der Waals surface area contributed by atoms with Gasteiger partial charge >= 0.3 is 0 Å². The molecule has 0 radical (unpaired) electrons. The fourth-order valence-electron chi connectivity index (χ4n) is 4.00. The van der Waals surface area contributed by atoms with Gasteiger partial charge in [0.05, 0.1) is 11.1 Å². The number of rotatable bonds is 18. The summed E-state index contributed by atoms with van der Waals surface area (Å²) in [4.78, 5) is 17.5. The summed E-state index contributed by atoms with van der Waals surface area (Å²) < 4.78 is 0. The van der Waals surface area contributed by atoms with E-state index in [1.165, 1.54) is 89.9 Å². The minimum absolute atomic E-state index is 0.721. The van der Waals surface area contributed by atoms with Crippen LogP contribution in [0.25, 0.3) is 12.2 Å². The van der Waals surface area contributed by atoms with Gasteiger partial charge in [0.1, 0.15) is 0 Å². The van der Waals surface area contributed by atoms with Crippen LogP contribution in [0.1, 0.15) is 139 Å². The van der Waals surface area contributed by atoms with Gasteiger partial charge in [-0.3, -0.25) is 0 Å². The molecule has 0 bridgehead atoms. The number of nitrogens with zero attached hydrogens (tertiary/aromatic N) is 4. The Hall–Kier alpha value is -3.24. The van der Waals surface area contributed by atoms with Crippen molar-refractivity contribution in [2.45, 2.75) is 117 Å². The van der Waals surface area contributed by atoms with E-state index >= 15 is 0 Å². The monoisotopic (exact) mass is 510 g/mol. The first-order valence-electron chi connectivity index (χ1n) is 14.8. The lowest BCUT2D eigenvalue weighted by Crippen LogP contribution is -1.88. The molecular formula is C34H46N4. The average Bonchev–Trinajstić information content (AvgIpc) is 2.95. The van der Waals surface area contributed by atoms with E-state index in [0.717, 1.165) is 35.6 Å². The van der Waals surface area contributed by atoms with Crippen molar-refractivity contribution in [1.29, 1.82) is 0 Å². The van der Waals surface area contributed by atoms with Crippen molar-refractivity contribution >= 4 is 12.2 Å². The van der Waals surface area contributed by atoms with E-state index in [-0.39, 0.29) is 0 Å². The van der Waals surface area contributed by atoms with Crippen molar-refractivity contribution in [2.75, 3.05) is 0 Å². The smallest absolute Gasteiger partial charge is 0.151 e. The first-order chi connectivity index (χ1) is 18.8. The van der Waals surface area contributed by atoms with Gasteiger partial charge in [-0.25, -0.2) is 19.9 Å². The first kappa shape index (κ1) is 31.0. The highest BCUT2D eigenvalue weighted by Gasteiger charge is 1.94. The zero-order chi connectivity index (χ0) is 26.9. The van der Waals surface area contributed by atoms with Gasteiger partial charge < -0.3 is 0 Å². The quantitative estimate of drug-likeness (QED) is 0.148. The van der Waals surface area contributed by atoms with Gasteiger partial charge in [0.15, 0.2) is 11.6 Å². The van der Waals surface area contributed by atoms with Crippen LogP contribution in [0, 0.1) is 23.7 Å². The number of allylic oxidation sites excluding steroid dienone is 2. The van der Waals surface area contributed by atoms with E-state index in [1.54, 1.807) is 24.8 Å². The van der Waals surface area contributed by atoms with Crippen LogP contribution in [0.15, 0.2) is 36.9 Å². The zero-order valence-corrected chi connectivity index (χ0v) is 23.7. The third-order valence-electron chi connectivity index (χ3n) is 6.30. The predicted octanol–water partition coefficient (Wildman–Crippen LogP) is 8.98. The second kappa shape index (κ2) is 21.8. The minimum atomic E-state index is 0.721. The molecule has 2 heterocycles. The molecule has 4 heteroatoms. The van der Waals surface area contributed by atoms with Crippen LogP contribution in [0.5, 0.6) is 0 Å². The van der Waals surface area contributed by atoms with E-state index in [0.29, 0.717) is 0 Å². The van der Waals surface area contributed by atoms with Crippen molar-refractivity contribution in [2.24, 2.45) is 0 Å². The second-order valence-corrected chi connectivity index (χ2v) is 9.78. The first-order valence-corrected chi connectivity index (χ1v) is 14.8. The molecule has 0 aliphatic heterocycles. The summed E-state index contributed by atoms with van der Waals surface area (Å²) in [5.41, 5.74) is 1.50. The molecule has 38 heavy (non-hydrogen) atoms. The van der Waals surface area contributed by atoms with Crippen molar-refractivity contribution in [3.63, 3.8) is 0 Å². The van der Waals surface area contributed by atoms with Gasteiger partial charge in [-0.2, -0.15) is 0 Å². The molecule has 2 rings (SSSR count). The Kier molecular flexibility index (Phi) is 17.8. The topological polar surface area (TPSA) is 51.6 Å². The molecule has 0 atom stereocenters. The zero-order valence-electron chi connectivity index (χ0n) is 23.7. The Balaban J connectivity index is 1.65. The Labute approximate surface area is 231 Å². The van der Waals surface area contributed by atoms with Crippen LogP contribution in [0.3, 0.4) is 0 Å². The summed E-state index contributed by atoms with van der Waals surface area (Å²) in [7, 11) is 0. The maximum absolute atomic E-state index is 4.37. The number of aromatic nitrogens is 4. The molecule has 0 amide bonds. The van der Waals surface area contributed by atoms with Crippen LogP contribution >= 0.6 is 0 Å². The Morgan fingerprint density at radius 1 is 0.500 bits per heavy atom. The fraction of sp³-hybridized carbons (Fsp3) is 0.529. The summed E-state index contributed by atoms with van der Waals surface area (Å²) in [5.74, 6) is 13.1. The lowest BCUT2D eigenvalue weighted by atomic mass is 10.1. The van der Waals surface area contributed by atoms with E-state index in [9.17, 15) is 0 Å². The molecular weight excluding hydrogens is 464 g/mol. The highest BCUT2D eigenvalue weighted by Crippen LogP contribution is 2.10. The van der Waals surface area contributed by atoms with Gasteiger partial charge in [-0.1, -0.05) is 103 Å². The molecule has 0 saturated carbocycles. The maximum Gasteiger partial charge on any atom is 0.151 e. The summed E-state index contributed by atoms with van der Waals surface area (Å²) >= 11 is 0. The summed E-state index contributed by atoms with van der Waals surface area (Å²) in [5, 5.41) is 0. The number of unbranched alkanes of at least 4 members (excludes halogenated alkanes) is 14.